The number of aryl methyl sites for hydroxylation is 1. The van der Waals surface area contributed by atoms with Crippen LogP contribution in [0.25, 0.3) is 0 Å². The third kappa shape index (κ3) is 3.84. The molecule has 0 fully saturated rings. The molecule has 2 aromatic carbocycles. The molecule has 0 saturated carbocycles. The minimum Gasteiger partial charge on any atom is -0.494 e. The van der Waals surface area contributed by atoms with Crippen molar-refractivity contribution in [3.63, 3.8) is 0 Å². The summed E-state index contributed by atoms with van der Waals surface area (Å²) in [6.07, 6.45) is 0.840. The molecule has 1 N–H and O–H groups in total. The van der Waals surface area contributed by atoms with Gasteiger partial charge in [0.05, 0.1) is 13.2 Å². The normalized spacial score (nSPS) is 12.2. The summed E-state index contributed by atoms with van der Waals surface area (Å²) in [5.74, 6) is 1.04. The smallest absolute Gasteiger partial charge is 0.119 e. The van der Waals surface area contributed by atoms with Gasteiger partial charge in [-0.2, -0.15) is 0 Å². The van der Waals surface area contributed by atoms with Gasteiger partial charge in [-0.05, 0) is 43.5 Å². The molecule has 20 heavy (non-hydrogen) atoms. The predicted octanol–water partition coefficient (Wildman–Crippen LogP) is 3.71. The van der Waals surface area contributed by atoms with Crippen LogP contribution in [0.1, 0.15) is 29.5 Å². The summed E-state index contributed by atoms with van der Waals surface area (Å²) in [7, 11) is 0. The monoisotopic (exact) mass is 270 g/mol. The minimum atomic E-state index is 0.146. The summed E-state index contributed by atoms with van der Waals surface area (Å²) in [5, 5.41) is 9.65. The van der Waals surface area contributed by atoms with Gasteiger partial charge in [0, 0.05) is 5.92 Å². The lowest BCUT2D eigenvalue weighted by Gasteiger charge is -2.15. The third-order valence-corrected chi connectivity index (χ3v) is 3.45. The maximum Gasteiger partial charge on any atom is 0.119 e. The van der Waals surface area contributed by atoms with E-state index in [1.54, 1.807) is 0 Å². The van der Waals surface area contributed by atoms with Gasteiger partial charge in [-0.1, -0.05) is 42.0 Å². The first-order chi connectivity index (χ1) is 9.72. The molecule has 0 bridgehead atoms. The highest BCUT2D eigenvalue weighted by Crippen LogP contribution is 2.22. The Bertz CT molecular complexity index is 531. The van der Waals surface area contributed by atoms with E-state index in [9.17, 15) is 5.11 Å². The van der Waals surface area contributed by atoms with Gasteiger partial charge in [-0.3, -0.25) is 0 Å². The minimum absolute atomic E-state index is 0.146. The van der Waals surface area contributed by atoms with Gasteiger partial charge in [-0.15, -0.1) is 0 Å². The van der Waals surface area contributed by atoms with Gasteiger partial charge < -0.3 is 9.84 Å². The zero-order valence-electron chi connectivity index (χ0n) is 12.2. The molecule has 1 atom stereocenters. The zero-order valence-corrected chi connectivity index (χ0v) is 12.2. The largest absolute Gasteiger partial charge is 0.494 e. The molecule has 0 aliphatic heterocycles. The Kier molecular flexibility index (Phi) is 5.19. The molecule has 0 aliphatic carbocycles. The fourth-order valence-electron chi connectivity index (χ4n) is 2.38. The Morgan fingerprint density at radius 1 is 1.10 bits per heavy atom. The van der Waals surface area contributed by atoms with E-state index in [2.05, 4.69) is 37.3 Å². The molecule has 106 valence electrons. The molecule has 2 rings (SSSR count). The first kappa shape index (κ1) is 14.6. The number of hydrogen-bond acceptors (Lipinski definition) is 2. The van der Waals surface area contributed by atoms with Crippen molar-refractivity contribution in [1.82, 2.24) is 0 Å². The summed E-state index contributed by atoms with van der Waals surface area (Å²) in [5.41, 5.74) is 3.64. The van der Waals surface area contributed by atoms with E-state index in [-0.39, 0.29) is 12.5 Å². The molecule has 2 heteroatoms. The van der Waals surface area contributed by atoms with E-state index in [1.807, 2.05) is 25.1 Å². The molecule has 0 aromatic heterocycles. The van der Waals surface area contributed by atoms with Crippen molar-refractivity contribution >= 4 is 0 Å². The van der Waals surface area contributed by atoms with Crippen LogP contribution in [0.2, 0.25) is 0 Å². The van der Waals surface area contributed by atoms with Crippen molar-refractivity contribution in [1.29, 1.82) is 0 Å². The molecule has 1 unspecified atom stereocenters. The van der Waals surface area contributed by atoms with Crippen molar-refractivity contribution in [3.8, 4) is 5.75 Å². The Balaban J connectivity index is 2.09. The quantitative estimate of drug-likeness (QED) is 0.867. The zero-order chi connectivity index (χ0) is 14.4. The van der Waals surface area contributed by atoms with Crippen molar-refractivity contribution in [2.24, 2.45) is 0 Å². The molecular weight excluding hydrogens is 248 g/mol. The number of aliphatic hydroxyl groups excluding tert-OH is 1. The van der Waals surface area contributed by atoms with Crippen molar-refractivity contribution in [3.05, 3.63) is 65.2 Å². The Morgan fingerprint density at radius 3 is 2.45 bits per heavy atom. The topological polar surface area (TPSA) is 29.5 Å². The molecule has 0 saturated heterocycles. The first-order valence-corrected chi connectivity index (χ1v) is 7.12. The molecule has 0 heterocycles. The predicted molar refractivity (Wildman–Crippen MR) is 82.3 cm³/mol. The Morgan fingerprint density at radius 2 is 1.85 bits per heavy atom. The number of ether oxygens (including phenoxy) is 1. The maximum atomic E-state index is 9.65. The molecule has 2 nitrogen and oxygen atoms in total. The van der Waals surface area contributed by atoms with Crippen LogP contribution in [0, 0.1) is 6.92 Å². The molecule has 0 spiro atoms. The van der Waals surface area contributed by atoms with E-state index in [4.69, 9.17) is 4.74 Å². The summed E-state index contributed by atoms with van der Waals surface area (Å²) < 4.78 is 5.44. The van der Waals surface area contributed by atoms with Crippen LogP contribution in [-0.2, 0) is 6.42 Å². The van der Waals surface area contributed by atoms with Crippen LogP contribution in [0.15, 0.2) is 48.5 Å². The number of rotatable bonds is 6. The lowest BCUT2D eigenvalue weighted by molar-refractivity contribution is 0.264. The molecular formula is C18H22O2. The second kappa shape index (κ2) is 7.11. The average molecular weight is 270 g/mol. The van der Waals surface area contributed by atoms with E-state index in [1.165, 1.54) is 16.7 Å². The molecule has 0 amide bonds. The molecule has 0 radical (unpaired) electrons. The van der Waals surface area contributed by atoms with Crippen LogP contribution in [0.3, 0.4) is 0 Å². The van der Waals surface area contributed by atoms with E-state index >= 15 is 0 Å². The van der Waals surface area contributed by atoms with Gasteiger partial charge in [0.15, 0.2) is 0 Å². The van der Waals surface area contributed by atoms with Crippen LogP contribution in [-0.4, -0.2) is 18.3 Å². The maximum absolute atomic E-state index is 9.65. The standard InChI is InChI=1S/C18H22O2/c1-3-20-18-9-7-15(8-10-18)12-17(13-19)16-6-4-5-14(2)11-16/h4-11,17,19H,3,12-13H2,1-2H3. The van der Waals surface area contributed by atoms with E-state index < -0.39 is 0 Å². The lowest BCUT2D eigenvalue weighted by atomic mass is 9.92. The summed E-state index contributed by atoms with van der Waals surface area (Å²) in [4.78, 5) is 0. The molecule has 0 aliphatic rings. The fourth-order valence-corrected chi connectivity index (χ4v) is 2.38. The highest BCUT2D eigenvalue weighted by Gasteiger charge is 2.11. The summed E-state index contributed by atoms with van der Waals surface area (Å²) in [6, 6.07) is 16.5. The van der Waals surface area contributed by atoms with E-state index in [0.717, 1.165) is 12.2 Å². The van der Waals surface area contributed by atoms with Crippen LogP contribution >= 0.6 is 0 Å². The van der Waals surface area contributed by atoms with Gasteiger partial charge in [0.1, 0.15) is 5.75 Å². The summed E-state index contributed by atoms with van der Waals surface area (Å²) in [6.45, 7) is 4.90. The number of benzene rings is 2. The molecule has 2 aromatic rings. The highest BCUT2D eigenvalue weighted by molar-refractivity contribution is 5.31. The van der Waals surface area contributed by atoms with Crippen molar-refractivity contribution < 1.29 is 9.84 Å². The Labute approximate surface area is 121 Å². The van der Waals surface area contributed by atoms with Crippen LogP contribution in [0.5, 0.6) is 5.75 Å². The van der Waals surface area contributed by atoms with Gasteiger partial charge >= 0.3 is 0 Å². The number of aliphatic hydroxyl groups is 1. The third-order valence-electron chi connectivity index (χ3n) is 3.45. The van der Waals surface area contributed by atoms with Crippen LogP contribution < -0.4 is 4.74 Å². The van der Waals surface area contributed by atoms with Crippen molar-refractivity contribution in [2.75, 3.05) is 13.2 Å². The highest BCUT2D eigenvalue weighted by atomic mass is 16.5. The average Bonchev–Trinajstić information content (AvgIpc) is 2.47. The Hall–Kier alpha value is -1.80. The number of hydrogen-bond donors (Lipinski definition) is 1. The van der Waals surface area contributed by atoms with Gasteiger partial charge in [-0.25, -0.2) is 0 Å². The lowest BCUT2D eigenvalue weighted by Crippen LogP contribution is -2.08. The first-order valence-electron chi connectivity index (χ1n) is 7.12. The second-order valence-corrected chi connectivity index (χ2v) is 5.07. The van der Waals surface area contributed by atoms with Gasteiger partial charge in [0.25, 0.3) is 0 Å². The fraction of sp³-hybridized carbons (Fsp3) is 0.333. The van der Waals surface area contributed by atoms with Crippen molar-refractivity contribution in [2.45, 2.75) is 26.2 Å². The second-order valence-electron chi connectivity index (χ2n) is 5.07. The summed E-state index contributed by atoms with van der Waals surface area (Å²) >= 11 is 0. The van der Waals surface area contributed by atoms with Crippen LogP contribution in [0.4, 0.5) is 0 Å². The van der Waals surface area contributed by atoms with Gasteiger partial charge in [0.2, 0.25) is 0 Å². The SMILES string of the molecule is CCOc1ccc(CC(CO)c2cccc(C)c2)cc1. The van der Waals surface area contributed by atoms with E-state index in [0.29, 0.717) is 6.61 Å².